The van der Waals surface area contributed by atoms with Gasteiger partial charge in [0.15, 0.2) is 0 Å². The van der Waals surface area contributed by atoms with E-state index in [-0.39, 0.29) is 6.04 Å². The summed E-state index contributed by atoms with van der Waals surface area (Å²) in [5.74, 6) is 0. The molecule has 1 atom stereocenters. The van der Waals surface area contributed by atoms with E-state index in [0.717, 1.165) is 19.6 Å². The molecule has 2 aromatic rings. The smallest absolute Gasteiger partial charge is 0.0587 e. The maximum absolute atomic E-state index is 5.13. The van der Waals surface area contributed by atoms with Gasteiger partial charge in [0.25, 0.3) is 0 Å². The van der Waals surface area contributed by atoms with E-state index in [4.69, 9.17) is 4.74 Å². The molecule has 0 aliphatic heterocycles. The topological polar surface area (TPSA) is 21.3 Å². The summed E-state index contributed by atoms with van der Waals surface area (Å²) in [4.78, 5) is 0. The molecule has 0 amide bonds. The molecule has 0 spiro atoms. The summed E-state index contributed by atoms with van der Waals surface area (Å²) < 4.78 is 6.43. The molecule has 0 bridgehead atoms. The first kappa shape index (κ1) is 16.5. The molecule has 0 fully saturated rings. The minimum absolute atomic E-state index is 0.250. The Kier molecular flexibility index (Phi) is 6.67. The third kappa shape index (κ3) is 4.53. The summed E-state index contributed by atoms with van der Waals surface area (Å²) in [7, 11) is 1.74. The number of hydrogen-bond acceptors (Lipinski definition) is 2. The van der Waals surface area contributed by atoms with Crippen LogP contribution < -0.4 is 5.32 Å². The Morgan fingerprint density at radius 2 is 1.81 bits per heavy atom. The Morgan fingerprint density at radius 3 is 2.43 bits per heavy atom. The molecule has 0 heterocycles. The van der Waals surface area contributed by atoms with Gasteiger partial charge < -0.3 is 10.1 Å². The predicted molar refractivity (Wildman–Crippen MR) is 96.7 cm³/mol. The van der Waals surface area contributed by atoms with Crippen LogP contribution in [0.5, 0.6) is 0 Å². The Morgan fingerprint density at radius 1 is 1.10 bits per heavy atom. The van der Waals surface area contributed by atoms with E-state index in [0.29, 0.717) is 0 Å². The van der Waals surface area contributed by atoms with E-state index in [2.05, 4.69) is 83.4 Å². The van der Waals surface area contributed by atoms with Crippen LogP contribution in [0.15, 0.2) is 48.5 Å². The van der Waals surface area contributed by atoms with Gasteiger partial charge in [0, 0.05) is 10.7 Å². The number of halogens is 1. The number of benzene rings is 2. The van der Waals surface area contributed by atoms with Gasteiger partial charge in [0.2, 0.25) is 0 Å². The lowest BCUT2D eigenvalue weighted by molar-refractivity contribution is 0.202. The Balaban J connectivity index is 2.24. The number of nitrogens with one attached hydrogen (secondary N) is 1. The normalized spacial score (nSPS) is 12.3. The third-order valence-electron chi connectivity index (χ3n) is 3.53. The third-order valence-corrected chi connectivity index (χ3v) is 4.51. The Bertz CT molecular complexity index is 553. The van der Waals surface area contributed by atoms with Gasteiger partial charge >= 0.3 is 0 Å². The van der Waals surface area contributed by atoms with Crippen LogP contribution in [-0.2, 0) is 11.2 Å². The van der Waals surface area contributed by atoms with Crippen LogP contribution in [0.4, 0.5) is 0 Å². The van der Waals surface area contributed by atoms with Crippen LogP contribution in [0, 0.1) is 3.57 Å². The van der Waals surface area contributed by atoms with Crippen molar-refractivity contribution >= 4 is 22.6 Å². The summed E-state index contributed by atoms with van der Waals surface area (Å²) in [5.41, 5.74) is 3.96. The molecule has 112 valence electrons. The van der Waals surface area contributed by atoms with Crippen molar-refractivity contribution < 1.29 is 4.74 Å². The van der Waals surface area contributed by atoms with Crippen LogP contribution in [-0.4, -0.2) is 20.3 Å². The fraction of sp³-hybridized carbons (Fsp3) is 0.333. The highest BCUT2D eigenvalue weighted by Gasteiger charge is 2.15. The zero-order valence-corrected chi connectivity index (χ0v) is 14.8. The highest BCUT2D eigenvalue weighted by Crippen LogP contribution is 2.26. The first-order valence-electron chi connectivity index (χ1n) is 7.31. The highest BCUT2D eigenvalue weighted by atomic mass is 127. The van der Waals surface area contributed by atoms with Crippen molar-refractivity contribution in [2.75, 3.05) is 20.3 Å². The van der Waals surface area contributed by atoms with Crippen molar-refractivity contribution in [3.05, 3.63) is 68.8 Å². The molecule has 2 aromatic carbocycles. The van der Waals surface area contributed by atoms with Crippen molar-refractivity contribution in [3.63, 3.8) is 0 Å². The Labute approximate surface area is 141 Å². The molecule has 0 aromatic heterocycles. The molecule has 1 unspecified atom stereocenters. The van der Waals surface area contributed by atoms with Crippen LogP contribution in [0.2, 0.25) is 0 Å². The van der Waals surface area contributed by atoms with Gasteiger partial charge in [-0.3, -0.25) is 0 Å². The molecule has 3 heteroatoms. The summed E-state index contributed by atoms with van der Waals surface area (Å²) in [6.07, 6.45) is 0.964. The van der Waals surface area contributed by atoms with Gasteiger partial charge in [0.1, 0.15) is 0 Å². The molecule has 0 aliphatic carbocycles. The van der Waals surface area contributed by atoms with Gasteiger partial charge in [0.05, 0.1) is 12.6 Å². The Hall–Kier alpha value is -0.910. The van der Waals surface area contributed by atoms with Crippen LogP contribution in [0.3, 0.4) is 0 Å². The van der Waals surface area contributed by atoms with E-state index in [1.165, 1.54) is 20.3 Å². The van der Waals surface area contributed by atoms with Gasteiger partial charge in [-0.1, -0.05) is 49.4 Å². The van der Waals surface area contributed by atoms with E-state index in [9.17, 15) is 0 Å². The van der Waals surface area contributed by atoms with Gasteiger partial charge in [-0.25, -0.2) is 0 Å². The standard InChI is InChI=1S/C18H22INO/c1-3-20-18(16-6-4-5-7-17(16)19)15-10-8-14(9-11-15)12-13-21-2/h4-11,18,20H,3,12-13H2,1-2H3. The molecule has 0 saturated carbocycles. The van der Waals surface area contributed by atoms with Gasteiger partial charge in [-0.2, -0.15) is 0 Å². The van der Waals surface area contributed by atoms with Crippen LogP contribution in [0.1, 0.15) is 29.7 Å². The lowest BCUT2D eigenvalue weighted by Gasteiger charge is -2.20. The zero-order chi connectivity index (χ0) is 15.1. The van der Waals surface area contributed by atoms with Crippen molar-refractivity contribution in [1.29, 1.82) is 0 Å². The van der Waals surface area contributed by atoms with E-state index < -0.39 is 0 Å². The summed E-state index contributed by atoms with van der Waals surface area (Å²) >= 11 is 2.41. The average Bonchev–Trinajstić information content (AvgIpc) is 2.52. The summed E-state index contributed by atoms with van der Waals surface area (Å²) in [5, 5.41) is 3.59. The maximum atomic E-state index is 5.13. The molecule has 2 nitrogen and oxygen atoms in total. The quantitative estimate of drug-likeness (QED) is 0.711. The van der Waals surface area contributed by atoms with Gasteiger partial charge in [-0.15, -0.1) is 0 Å². The fourth-order valence-corrected chi connectivity index (χ4v) is 3.12. The molecule has 0 aliphatic rings. The number of rotatable bonds is 7. The molecule has 21 heavy (non-hydrogen) atoms. The summed E-state index contributed by atoms with van der Waals surface area (Å²) in [6.45, 7) is 3.86. The van der Waals surface area contributed by atoms with Crippen molar-refractivity contribution in [2.45, 2.75) is 19.4 Å². The molecular formula is C18H22INO. The first-order valence-corrected chi connectivity index (χ1v) is 8.39. The van der Waals surface area contributed by atoms with Crippen molar-refractivity contribution in [3.8, 4) is 0 Å². The van der Waals surface area contributed by atoms with E-state index in [1.807, 2.05) is 0 Å². The molecular weight excluding hydrogens is 373 g/mol. The second-order valence-corrected chi connectivity index (χ2v) is 6.16. The predicted octanol–water partition coefficient (Wildman–Crippen LogP) is 4.18. The largest absolute Gasteiger partial charge is 0.384 e. The second kappa shape index (κ2) is 8.51. The van der Waals surface area contributed by atoms with Crippen molar-refractivity contribution in [2.24, 2.45) is 0 Å². The number of ether oxygens (including phenoxy) is 1. The van der Waals surface area contributed by atoms with E-state index in [1.54, 1.807) is 7.11 Å². The lowest BCUT2D eigenvalue weighted by Crippen LogP contribution is -2.22. The maximum Gasteiger partial charge on any atom is 0.0587 e. The van der Waals surface area contributed by atoms with E-state index >= 15 is 0 Å². The van der Waals surface area contributed by atoms with Crippen LogP contribution in [0.25, 0.3) is 0 Å². The zero-order valence-electron chi connectivity index (χ0n) is 12.6. The van der Waals surface area contributed by atoms with Crippen LogP contribution >= 0.6 is 22.6 Å². The lowest BCUT2D eigenvalue weighted by atomic mass is 9.97. The summed E-state index contributed by atoms with van der Waals surface area (Å²) in [6, 6.07) is 17.7. The molecule has 0 saturated heterocycles. The highest BCUT2D eigenvalue weighted by molar-refractivity contribution is 14.1. The van der Waals surface area contributed by atoms with Crippen molar-refractivity contribution in [1.82, 2.24) is 5.32 Å². The molecule has 0 radical (unpaired) electrons. The fourth-order valence-electron chi connectivity index (χ4n) is 2.42. The average molecular weight is 395 g/mol. The number of methoxy groups -OCH3 is 1. The molecule has 2 rings (SSSR count). The SMILES string of the molecule is CCNC(c1ccc(CCOC)cc1)c1ccccc1I. The number of hydrogen-bond donors (Lipinski definition) is 1. The molecule has 1 N–H and O–H groups in total. The second-order valence-electron chi connectivity index (χ2n) is 5.00. The minimum atomic E-state index is 0.250. The van der Waals surface area contributed by atoms with Gasteiger partial charge in [-0.05, 0) is 58.3 Å². The minimum Gasteiger partial charge on any atom is -0.384 e. The first-order chi connectivity index (χ1) is 10.3. The monoisotopic (exact) mass is 395 g/mol.